The molecule has 3 aliphatic rings. The Labute approximate surface area is 115 Å². The van der Waals surface area contributed by atoms with Crippen molar-refractivity contribution in [2.45, 2.75) is 64.0 Å². The summed E-state index contributed by atoms with van der Waals surface area (Å²) in [6.45, 7) is 8.63. The summed E-state index contributed by atoms with van der Waals surface area (Å²) in [5.41, 5.74) is 0.558. The quantitative estimate of drug-likeness (QED) is 0.732. The van der Waals surface area contributed by atoms with Gasteiger partial charge in [-0.3, -0.25) is 0 Å². The zero-order valence-electron chi connectivity index (χ0n) is 12.4. The number of piperidine rings is 1. The van der Waals surface area contributed by atoms with Crippen molar-refractivity contribution in [3.05, 3.63) is 0 Å². The summed E-state index contributed by atoms with van der Waals surface area (Å²) in [5.74, 6) is 0. The lowest BCUT2D eigenvalue weighted by Gasteiger charge is -2.39. The molecule has 19 heavy (non-hydrogen) atoms. The van der Waals surface area contributed by atoms with Crippen LogP contribution in [0.25, 0.3) is 0 Å². The number of hydrogen-bond donors (Lipinski definition) is 1. The largest absolute Gasteiger partial charge is 0.444 e. The van der Waals surface area contributed by atoms with Gasteiger partial charge in [0.15, 0.2) is 0 Å². The van der Waals surface area contributed by atoms with Crippen LogP contribution in [-0.2, 0) is 4.74 Å². The number of carbonyl (C=O) groups is 1. The summed E-state index contributed by atoms with van der Waals surface area (Å²) in [7, 11) is 0. The van der Waals surface area contributed by atoms with Gasteiger partial charge in [0.25, 0.3) is 0 Å². The molecule has 0 aromatic rings. The van der Waals surface area contributed by atoms with Crippen LogP contribution in [0.1, 0.15) is 52.9 Å². The molecule has 108 valence electrons. The van der Waals surface area contributed by atoms with E-state index in [-0.39, 0.29) is 11.7 Å². The van der Waals surface area contributed by atoms with Gasteiger partial charge < -0.3 is 15.0 Å². The third-order valence-corrected chi connectivity index (χ3v) is 4.88. The number of ether oxygens (including phenoxy) is 1. The maximum Gasteiger partial charge on any atom is 0.410 e. The molecule has 3 rings (SSSR count). The van der Waals surface area contributed by atoms with E-state index >= 15 is 0 Å². The molecule has 2 aliphatic heterocycles. The molecule has 2 heterocycles. The standard InChI is InChI=1S/C15H26N2O2/c1-13(2,3)19-12(18)17-8-6-14(7-9-17)10-15(4-5-15)16-11-14/h16H,4-11H2,1-3H3. The van der Waals surface area contributed by atoms with Crippen LogP contribution in [-0.4, -0.2) is 41.8 Å². The fourth-order valence-corrected chi connectivity index (χ4v) is 3.57. The highest BCUT2D eigenvalue weighted by molar-refractivity contribution is 5.68. The van der Waals surface area contributed by atoms with Crippen LogP contribution in [0.5, 0.6) is 0 Å². The second kappa shape index (κ2) is 4.11. The van der Waals surface area contributed by atoms with Gasteiger partial charge in [-0.15, -0.1) is 0 Å². The van der Waals surface area contributed by atoms with E-state index in [1.54, 1.807) is 0 Å². The summed E-state index contributed by atoms with van der Waals surface area (Å²) in [4.78, 5) is 13.9. The Morgan fingerprint density at radius 2 is 1.79 bits per heavy atom. The van der Waals surface area contributed by atoms with E-state index in [1.165, 1.54) is 19.3 Å². The Morgan fingerprint density at radius 1 is 1.16 bits per heavy atom. The zero-order chi connectivity index (χ0) is 13.7. The molecule has 1 N–H and O–H groups in total. The molecule has 0 radical (unpaired) electrons. The van der Waals surface area contributed by atoms with Crippen molar-refractivity contribution in [3.63, 3.8) is 0 Å². The van der Waals surface area contributed by atoms with Gasteiger partial charge in [0.2, 0.25) is 0 Å². The van der Waals surface area contributed by atoms with Crippen LogP contribution in [0.15, 0.2) is 0 Å². The van der Waals surface area contributed by atoms with Gasteiger partial charge in [-0.05, 0) is 58.3 Å². The van der Waals surface area contributed by atoms with Gasteiger partial charge in [0, 0.05) is 25.2 Å². The molecule has 1 amide bonds. The van der Waals surface area contributed by atoms with Crippen molar-refractivity contribution in [2.24, 2.45) is 5.41 Å². The van der Waals surface area contributed by atoms with Crippen molar-refractivity contribution in [2.75, 3.05) is 19.6 Å². The molecule has 3 fully saturated rings. The molecular weight excluding hydrogens is 240 g/mol. The van der Waals surface area contributed by atoms with E-state index in [1.807, 2.05) is 25.7 Å². The lowest BCUT2D eigenvalue weighted by molar-refractivity contribution is 0.0117. The van der Waals surface area contributed by atoms with E-state index in [2.05, 4.69) is 5.32 Å². The van der Waals surface area contributed by atoms with E-state index in [9.17, 15) is 4.79 Å². The molecule has 1 aliphatic carbocycles. The first-order chi connectivity index (χ1) is 8.82. The molecule has 2 spiro atoms. The summed E-state index contributed by atoms with van der Waals surface area (Å²) in [6.07, 6.45) is 6.13. The SMILES string of the molecule is CC(C)(C)OC(=O)N1CCC2(CC1)CNC1(CC1)C2. The van der Waals surface area contributed by atoms with Gasteiger partial charge >= 0.3 is 6.09 Å². The first kappa shape index (κ1) is 13.2. The first-order valence-electron chi connectivity index (χ1n) is 7.55. The Bertz CT molecular complexity index is 374. The molecule has 4 nitrogen and oxygen atoms in total. The highest BCUT2D eigenvalue weighted by Gasteiger charge is 2.55. The Hall–Kier alpha value is -0.770. The second-order valence-electron chi connectivity index (χ2n) is 7.78. The van der Waals surface area contributed by atoms with Crippen LogP contribution in [0, 0.1) is 5.41 Å². The minimum absolute atomic E-state index is 0.144. The number of carbonyl (C=O) groups excluding carboxylic acids is 1. The van der Waals surface area contributed by atoms with Crippen LogP contribution >= 0.6 is 0 Å². The van der Waals surface area contributed by atoms with Crippen LogP contribution in [0.2, 0.25) is 0 Å². The van der Waals surface area contributed by atoms with Crippen LogP contribution < -0.4 is 5.32 Å². The summed E-state index contributed by atoms with van der Waals surface area (Å²) < 4.78 is 5.45. The molecule has 0 unspecified atom stereocenters. The Kier molecular flexibility index (Phi) is 2.86. The minimum atomic E-state index is -0.390. The van der Waals surface area contributed by atoms with E-state index in [4.69, 9.17) is 4.74 Å². The highest BCUT2D eigenvalue weighted by Crippen LogP contribution is 2.53. The van der Waals surface area contributed by atoms with Crippen molar-refractivity contribution in [1.29, 1.82) is 0 Å². The number of nitrogens with zero attached hydrogens (tertiary/aromatic N) is 1. The van der Waals surface area contributed by atoms with E-state index in [0.717, 1.165) is 32.5 Å². The molecule has 0 atom stereocenters. The normalized spacial score (nSPS) is 27.8. The van der Waals surface area contributed by atoms with Crippen molar-refractivity contribution >= 4 is 6.09 Å². The Balaban J connectivity index is 1.53. The summed E-state index contributed by atoms with van der Waals surface area (Å²) >= 11 is 0. The molecule has 0 bridgehead atoms. The lowest BCUT2D eigenvalue weighted by Crippen LogP contribution is -2.45. The summed E-state index contributed by atoms with van der Waals surface area (Å²) in [5, 5.41) is 3.72. The number of likely N-dealkylation sites (tertiary alicyclic amines) is 1. The van der Waals surface area contributed by atoms with Crippen LogP contribution in [0.3, 0.4) is 0 Å². The molecule has 0 aromatic heterocycles. The third-order valence-electron chi connectivity index (χ3n) is 4.88. The topological polar surface area (TPSA) is 41.6 Å². The predicted molar refractivity (Wildman–Crippen MR) is 74.1 cm³/mol. The van der Waals surface area contributed by atoms with Crippen molar-refractivity contribution in [3.8, 4) is 0 Å². The fraction of sp³-hybridized carbons (Fsp3) is 0.933. The number of nitrogens with one attached hydrogen (secondary N) is 1. The number of hydrogen-bond acceptors (Lipinski definition) is 3. The molecule has 0 aromatic carbocycles. The molecule has 2 saturated heterocycles. The van der Waals surface area contributed by atoms with Gasteiger partial charge in [-0.1, -0.05) is 0 Å². The van der Waals surface area contributed by atoms with Gasteiger partial charge in [0.1, 0.15) is 5.60 Å². The first-order valence-corrected chi connectivity index (χ1v) is 7.55. The van der Waals surface area contributed by atoms with Gasteiger partial charge in [0.05, 0.1) is 0 Å². The maximum atomic E-state index is 12.0. The predicted octanol–water partition coefficient (Wildman–Crippen LogP) is 2.53. The Morgan fingerprint density at radius 3 is 2.26 bits per heavy atom. The monoisotopic (exact) mass is 266 g/mol. The van der Waals surface area contributed by atoms with Crippen molar-refractivity contribution in [1.82, 2.24) is 10.2 Å². The second-order valence-corrected chi connectivity index (χ2v) is 7.78. The third kappa shape index (κ3) is 2.73. The number of amides is 1. The zero-order valence-corrected chi connectivity index (χ0v) is 12.4. The lowest BCUT2D eigenvalue weighted by atomic mass is 9.76. The summed E-state index contributed by atoms with van der Waals surface area (Å²) in [6, 6.07) is 0. The van der Waals surface area contributed by atoms with E-state index < -0.39 is 0 Å². The average molecular weight is 266 g/mol. The smallest absolute Gasteiger partial charge is 0.410 e. The van der Waals surface area contributed by atoms with Crippen LogP contribution in [0.4, 0.5) is 4.79 Å². The fourth-order valence-electron chi connectivity index (χ4n) is 3.57. The highest BCUT2D eigenvalue weighted by atomic mass is 16.6. The molecule has 1 saturated carbocycles. The minimum Gasteiger partial charge on any atom is -0.444 e. The molecular formula is C15H26N2O2. The maximum absolute atomic E-state index is 12.0. The average Bonchev–Trinajstić information content (AvgIpc) is 2.96. The van der Waals surface area contributed by atoms with Crippen molar-refractivity contribution < 1.29 is 9.53 Å². The number of rotatable bonds is 0. The van der Waals surface area contributed by atoms with Gasteiger partial charge in [-0.2, -0.15) is 0 Å². The molecule has 4 heteroatoms. The van der Waals surface area contributed by atoms with Gasteiger partial charge in [-0.25, -0.2) is 4.79 Å². The van der Waals surface area contributed by atoms with E-state index in [0.29, 0.717) is 11.0 Å².